The molecule has 1 amide bonds. The van der Waals surface area contributed by atoms with Gasteiger partial charge in [-0.2, -0.15) is 0 Å². The molecule has 3 aromatic carbocycles. The number of hydrogen-bond donors (Lipinski definition) is 2. The molecule has 30 heavy (non-hydrogen) atoms. The van der Waals surface area contributed by atoms with Crippen LogP contribution in [0.1, 0.15) is 11.1 Å². The molecule has 0 atom stereocenters. The number of ether oxygens (including phenoxy) is 1. The van der Waals surface area contributed by atoms with Gasteiger partial charge in [0.25, 0.3) is 5.91 Å². The third-order valence-corrected chi connectivity index (χ3v) is 5.81. The van der Waals surface area contributed by atoms with E-state index in [0.29, 0.717) is 12.3 Å². The van der Waals surface area contributed by atoms with E-state index in [4.69, 9.17) is 4.74 Å². The first-order chi connectivity index (χ1) is 14.5. The molecule has 0 bridgehead atoms. The molecule has 0 fully saturated rings. The maximum absolute atomic E-state index is 12.4. The van der Waals surface area contributed by atoms with E-state index in [-0.39, 0.29) is 24.0 Å². The molecule has 7 heteroatoms. The summed E-state index contributed by atoms with van der Waals surface area (Å²) in [5, 5.41) is 2.80. The molecule has 156 valence electrons. The fraction of sp³-hybridized carbons (Fsp3) is 0.174. The molecule has 0 unspecified atom stereocenters. The van der Waals surface area contributed by atoms with E-state index >= 15 is 0 Å². The van der Waals surface area contributed by atoms with Crippen LogP contribution in [0.3, 0.4) is 0 Å². The highest BCUT2D eigenvalue weighted by atomic mass is 32.2. The standard InChI is InChI=1S/C23H24N2O4S/c26-23(24-16-15-19-7-3-1-4-8-19)18-29-21-11-13-22(14-12-21)30(27,28)25-17-20-9-5-2-6-10-20/h1-14,25H,15-18H2,(H,24,26). The molecule has 3 aromatic rings. The Bertz CT molecular complexity index is 1040. The highest BCUT2D eigenvalue weighted by molar-refractivity contribution is 7.89. The minimum Gasteiger partial charge on any atom is -0.484 e. The van der Waals surface area contributed by atoms with Crippen molar-refractivity contribution in [2.75, 3.05) is 13.2 Å². The van der Waals surface area contributed by atoms with E-state index in [9.17, 15) is 13.2 Å². The lowest BCUT2D eigenvalue weighted by Gasteiger charge is -2.09. The molecular formula is C23H24N2O4S. The van der Waals surface area contributed by atoms with Crippen LogP contribution in [0.4, 0.5) is 0 Å². The van der Waals surface area contributed by atoms with Gasteiger partial charge < -0.3 is 10.1 Å². The predicted molar refractivity (Wildman–Crippen MR) is 116 cm³/mol. The molecule has 0 saturated carbocycles. The maximum atomic E-state index is 12.4. The average molecular weight is 425 g/mol. The van der Waals surface area contributed by atoms with E-state index in [1.807, 2.05) is 60.7 Å². The van der Waals surface area contributed by atoms with Crippen LogP contribution in [0.15, 0.2) is 89.8 Å². The smallest absolute Gasteiger partial charge is 0.257 e. The minimum absolute atomic E-state index is 0.132. The molecule has 0 aliphatic heterocycles. The zero-order valence-corrected chi connectivity index (χ0v) is 17.3. The summed E-state index contributed by atoms with van der Waals surface area (Å²) in [6.07, 6.45) is 0.745. The highest BCUT2D eigenvalue weighted by Gasteiger charge is 2.14. The van der Waals surface area contributed by atoms with Crippen molar-refractivity contribution in [2.45, 2.75) is 17.9 Å². The van der Waals surface area contributed by atoms with Crippen molar-refractivity contribution in [2.24, 2.45) is 0 Å². The maximum Gasteiger partial charge on any atom is 0.257 e. The molecule has 2 N–H and O–H groups in total. The average Bonchev–Trinajstić information content (AvgIpc) is 2.78. The summed E-state index contributed by atoms with van der Waals surface area (Å²) in [5.74, 6) is 0.197. The van der Waals surface area contributed by atoms with Crippen molar-refractivity contribution in [3.8, 4) is 5.75 Å². The van der Waals surface area contributed by atoms with Crippen LogP contribution in [0.25, 0.3) is 0 Å². The van der Waals surface area contributed by atoms with Crippen LogP contribution in [-0.4, -0.2) is 27.5 Å². The Kier molecular flexibility index (Phi) is 7.59. The van der Waals surface area contributed by atoms with Crippen molar-refractivity contribution >= 4 is 15.9 Å². The van der Waals surface area contributed by atoms with Crippen molar-refractivity contribution in [3.63, 3.8) is 0 Å². The van der Waals surface area contributed by atoms with Gasteiger partial charge in [0, 0.05) is 13.1 Å². The number of benzene rings is 3. The Morgan fingerprint density at radius 3 is 2.03 bits per heavy atom. The molecule has 0 aromatic heterocycles. The quantitative estimate of drug-likeness (QED) is 0.524. The zero-order chi connectivity index (χ0) is 21.2. The number of carbonyl (C=O) groups is 1. The Morgan fingerprint density at radius 2 is 1.40 bits per heavy atom. The second-order valence-corrected chi connectivity index (χ2v) is 8.42. The molecule has 0 aliphatic carbocycles. The predicted octanol–water partition coefficient (Wildman–Crippen LogP) is 2.90. The Balaban J connectivity index is 1.43. The van der Waals surface area contributed by atoms with Crippen LogP contribution in [0.2, 0.25) is 0 Å². The van der Waals surface area contributed by atoms with Crippen LogP contribution in [0.5, 0.6) is 5.75 Å². The Labute approximate surface area is 177 Å². The zero-order valence-electron chi connectivity index (χ0n) is 16.5. The molecule has 6 nitrogen and oxygen atoms in total. The van der Waals surface area contributed by atoms with Gasteiger partial charge in [0.05, 0.1) is 4.90 Å². The SMILES string of the molecule is O=C(COc1ccc(S(=O)(=O)NCc2ccccc2)cc1)NCCc1ccccc1. The molecule has 0 saturated heterocycles. The summed E-state index contributed by atoms with van der Waals surface area (Å²) >= 11 is 0. The van der Waals surface area contributed by atoms with Crippen LogP contribution >= 0.6 is 0 Å². The largest absolute Gasteiger partial charge is 0.484 e. The van der Waals surface area contributed by atoms with E-state index in [1.54, 1.807) is 0 Å². The molecule has 0 spiro atoms. The number of carbonyl (C=O) groups excluding carboxylic acids is 1. The molecule has 0 radical (unpaired) electrons. The summed E-state index contributed by atoms with van der Waals surface area (Å²) in [5.41, 5.74) is 2.02. The highest BCUT2D eigenvalue weighted by Crippen LogP contribution is 2.16. The van der Waals surface area contributed by atoms with E-state index < -0.39 is 10.0 Å². The Hall–Kier alpha value is -3.16. The van der Waals surface area contributed by atoms with Gasteiger partial charge in [-0.25, -0.2) is 13.1 Å². The van der Waals surface area contributed by atoms with Crippen LogP contribution < -0.4 is 14.8 Å². The number of hydrogen-bond acceptors (Lipinski definition) is 4. The first-order valence-electron chi connectivity index (χ1n) is 9.60. The summed E-state index contributed by atoms with van der Waals surface area (Å²) in [4.78, 5) is 12.0. The second-order valence-electron chi connectivity index (χ2n) is 6.66. The van der Waals surface area contributed by atoms with Gasteiger partial charge in [0.15, 0.2) is 6.61 Å². The van der Waals surface area contributed by atoms with E-state index in [2.05, 4.69) is 10.0 Å². The van der Waals surface area contributed by atoms with Gasteiger partial charge in [-0.05, 0) is 41.8 Å². The van der Waals surface area contributed by atoms with Gasteiger partial charge in [-0.15, -0.1) is 0 Å². The Morgan fingerprint density at radius 1 is 0.800 bits per heavy atom. The van der Waals surface area contributed by atoms with Crippen LogP contribution in [-0.2, 0) is 27.8 Å². The summed E-state index contributed by atoms with van der Waals surface area (Å²) in [6, 6.07) is 25.2. The fourth-order valence-corrected chi connectivity index (χ4v) is 3.78. The van der Waals surface area contributed by atoms with Crippen molar-refractivity contribution < 1.29 is 17.9 Å². The number of sulfonamides is 1. The molecule has 3 rings (SSSR count). The summed E-state index contributed by atoms with van der Waals surface area (Å²) < 4.78 is 32.8. The monoisotopic (exact) mass is 424 g/mol. The first-order valence-corrected chi connectivity index (χ1v) is 11.1. The number of nitrogens with one attached hydrogen (secondary N) is 2. The van der Waals surface area contributed by atoms with Gasteiger partial charge in [0.1, 0.15) is 5.75 Å². The lowest BCUT2D eigenvalue weighted by atomic mass is 10.1. The first kappa shape index (κ1) is 21.5. The normalized spacial score (nSPS) is 11.1. The van der Waals surface area contributed by atoms with Crippen molar-refractivity contribution in [1.29, 1.82) is 0 Å². The van der Waals surface area contributed by atoms with Crippen molar-refractivity contribution in [1.82, 2.24) is 10.0 Å². The lowest BCUT2D eigenvalue weighted by molar-refractivity contribution is -0.123. The lowest BCUT2D eigenvalue weighted by Crippen LogP contribution is -2.30. The minimum atomic E-state index is -3.63. The van der Waals surface area contributed by atoms with Gasteiger partial charge in [0.2, 0.25) is 10.0 Å². The fourth-order valence-electron chi connectivity index (χ4n) is 2.76. The molecular weight excluding hydrogens is 400 g/mol. The summed E-state index contributed by atoms with van der Waals surface area (Å²) in [6.45, 7) is 0.605. The van der Waals surface area contributed by atoms with Gasteiger partial charge >= 0.3 is 0 Å². The van der Waals surface area contributed by atoms with Gasteiger partial charge in [-0.1, -0.05) is 60.7 Å². The van der Waals surface area contributed by atoms with E-state index in [0.717, 1.165) is 17.5 Å². The molecule has 0 heterocycles. The topological polar surface area (TPSA) is 84.5 Å². The van der Waals surface area contributed by atoms with Crippen molar-refractivity contribution in [3.05, 3.63) is 96.1 Å². The third kappa shape index (κ3) is 6.72. The number of rotatable bonds is 10. The second kappa shape index (κ2) is 10.6. The van der Waals surface area contributed by atoms with Gasteiger partial charge in [-0.3, -0.25) is 4.79 Å². The number of amides is 1. The molecule has 0 aliphatic rings. The third-order valence-electron chi connectivity index (χ3n) is 4.39. The van der Waals surface area contributed by atoms with E-state index in [1.165, 1.54) is 24.3 Å². The van der Waals surface area contributed by atoms with Crippen LogP contribution in [0, 0.1) is 0 Å². The summed E-state index contributed by atoms with van der Waals surface area (Å²) in [7, 11) is -3.63.